The average molecular weight is 582 g/mol. The summed E-state index contributed by atoms with van der Waals surface area (Å²) >= 11 is 0. The number of nitrogens with one attached hydrogen (secondary N) is 1. The summed E-state index contributed by atoms with van der Waals surface area (Å²) in [6.07, 6.45) is 2.51. The first-order valence-corrected chi connectivity index (χ1v) is 14.8. The van der Waals surface area contributed by atoms with Crippen LogP contribution in [0.5, 0.6) is 11.5 Å². The summed E-state index contributed by atoms with van der Waals surface area (Å²) in [7, 11) is -4.05. The van der Waals surface area contributed by atoms with Gasteiger partial charge in [0.05, 0.1) is 23.0 Å². The second kappa shape index (κ2) is 10.4. The van der Waals surface area contributed by atoms with Gasteiger partial charge in [-0.25, -0.2) is 17.8 Å². The summed E-state index contributed by atoms with van der Waals surface area (Å²) in [4.78, 5) is 19.6. The number of ether oxygens (including phenoxy) is 1. The maximum absolute atomic E-state index is 16.1. The van der Waals surface area contributed by atoms with E-state index in [1.807, 2.05) is 13.8 Å². The van der Waals surface area contributed by atoms with Gasteiger partial charge in [-0.15, -0.1) is 6.58 Å². The zero-order valence-electron chi connectivity index (χ0n) is 23.3. The number of carbonyl (C=O) groups is 1. The Labute approximate surface area is 238 Å². The molecule has 2 aromatic carbocycles. The molecule has 1 amide bonds. The number of halogens is 1. The van der Waals surface area contributed by atoms with Crippen LogP contribution in [0, 0.1) is 25.1 Å². The number of phenolic OH excluding ortho intramolecular Hbond substituents is 1. The molecule has 2 aliphatic heterocycles. The van der Waals surface area contributed by atoms with Crippen molar-refractivity contribution in [1.29, 1.82) is 0 Å². The Kier molecular flexibility index (Phi) is 7.19. The van der Waals surface area contributed by atoms with Gasteiger partial charge in [-0.05, 0) is 49.4 Å². The highest BCUT2D eigenvalue weighted by Crippen LogP contribution is 2.52. The standard InChI is InChI=1S/C30H32FN3O6S/c1-6-7-13-39-19-11-12-20(21(31)14-19)27-28-22(15-30(4,5)16-41(28,37)38)33-26-23(9-8-10-24(26)35)34(27)29(36)25-17(2)40-18(3)32-25/h6,8-12,14,27,33,35H,1,7,13,15-16H2,2-5H3. The second-order valence-corrected chi connectivity index (χ2v) is 13.0. The minimum atomic E-state index is -4.05. The smallest absolute Gasteiger partial charge is 0.281 e. The lowest BCUT2D eigenvalue weighted by atomic mass is 9.88. The lowest BCUT2D eigenvalue weighted by molar-refractivity contribution is 0.0974. The number of anilines is 2. The maximum Gasteiger partial charge on any atom is 0.281 e. The Bertz CT molecular complexity index is 1690. The van der Waals surface area contributed by atoms with E-state index in [1.165, 1.54) is 35.2 Å². The third-order valence-corrected chi connectivity index (χ3v) is 9.41. The molecule has 0 aliphatic carbocycles. The van der Waals surface area contributed by atoms with Crippen LogP contribution in [0.25, 0.3) is 0 Å². The van der Waals surface area contributed by atoms with E-state index >= 15 is 4.39 Å². The third-order valence-electron chi connectivity index (χ3n) is 7.11. The van der Waals surface area contributed by atoms with Crippen LogP contribution in [0.3, 0.4) is 0 Å². The number of allylic oxidation sites excluding steroid dienone is 1. The molecular formula is C30H32FN3O6S. The number of sulfone groups is 1. The van der Waals surface area contributed by atoms with Crippen LogP contribution in [-0.4, -0.2) is 36.8 Å². The number of para-hydroxylation sites is 1. The van der Waals surface area contributed by atoms with Crippen LogP contribution in [-0.2, 0) is 9.84 Å². The molecule has 0 radical (unpaired) electrons. The minimum Gasteiger partial charge on any atom is -0.506 e. The van der Waals surface area contributed by atoms with Gasteiger partial charge >= 0.3 is 0 Å². The fourth-order valence-corrected chi connectivity index (χ4v) is 7.89. The zero-order chi connectivity index (χ0) is 29.7. The summed E-state index contributed by atoms with van der Waals surface area (Å²) in [5.41, 5.74) is -0.201. The van der Waals surface area contributed by atoms with Gasteiger partial charge < -0.3 is 19.6 Å². The Morgan fingerprint density at radius 1 is 1.32 bits per heavy atom. The molecule has 5 rings (SSSR count). The number of amides is 1. The number of hydrogen-bond acceptors (Lipinski definition) is 8. The van der Waals surface area contributed by atoms with E-state index in [4.69, 9.17) is 9.15 Å². The first kappa shape index (κ1) is 28.4. The molecule has 0 fully saturated rings. The first-order chi connectivity index (χ1) is 19.3. The molecule has 3 aromatic rings. The Morgan fingerprint density at radius 2 is 2.07 bits per heavy atom. The first-order valence-electron chi connectivity index (χ1n) is 13.2. The van der Waals surface area contributed by atoms with E-state index in [-0.39, 0.29) is 75.2 Å². The van der Waals surface area contributed by atoms with Crippen LogP contribution < -0.4 is 15.0 Å². The molecule has 216 valence electrons. The van der Waals surface area contributed by atoms with Gasteiger partial charge in [0.15, 0.2) is 21.4 Å². The summed E-state index contributed by atoms with van der Waals surface area (Å²) in [6, 6.07) is 7.25. The molecule has 1 unspecified atom stereocenters. The van der Waals surface area contributed by atoms with Crippen molar-refractivity contribution in [3.63, 3.8) is 0 Å². The molecule has 1 aromatic heterocycles. The van der Waals surface area contributed by atoms with Gasteiger partial charge in [0.2, 0.25) is 0 Å². The van der Waals surface area contributed by atoms with E-state index in [9.17, 15) is 18.3 Å². The molecule has 0 saturated heterocycles. The fraction of sp³-hybridized carbons (Fsp3) is 0.333. The quantitative estimate of drug-likeness (QED) is 0.208. The van der Waals surface area contributed by atoms with Gasteiger partial charge in [0, 0.05) is 24.3 Å². The van der Waals surface area contributed by atoms with Crippen LogP contribution in [0.1, 0.15) is 60.4 Å². The third kappa shape index (κ3) is 5.21. The number of aryl methyl sites for hydroxylation is 2. The van der Waals surface area contributed by atoms with E-state index in [0.717, 1.165) is 0 Å². The highest BCUT2D eigenvalue weighted by Gasteiger charge is 2.48. The van der Waals surface area contributed by atoms with E-state index in [2.05, 4.69) is 16.9 Å². The summed E-state index contributed by atoms with van der Waals surface area (Å²) in [6.45, 7) is 10.7. The Morgan fingerprint density at radius 3 is 2.73 bits per heavy atom. The molecule has 41 heavy (non-hydrogen) atoms. The van der Waals surface area contributed by atoms with Crippen molar-refractivity contribution in [2.75, 3.05) is 22.6 Å². The minimum absolute atomic E-state index is 0.0517. The van der Waals surface area contributed by atoms with Crippen molar-refractivity contribution >= 4 is 27.1 Å². The Balaban J connectivity index is 1.81. The number of aromatic nitrogens is 1. The van der Waals surface area contributed by atoms with Crippen molar-refractivity contribution in [3.05, 3.63) is 88.4 Å². The number of carbonyl (C=O) groups excluding carboxylic acids is 1. The van der Waals surface area contributed by atoms with Gasteiger partial charge in [0.25, 0.3) is 5.91 Å². The van der Waals surface area contributed by atoms with Gasteiger partial charge in [-0.3, -0.25) is 9.69 Å². The normalized spacial score (nSPS) is 19.0. The average Bonchev–Trinajstić information content (AvgIpc) is 3.13. The number of phenols is 1. The van der Waals surface area contributed by atoms with Crippen LogP contribution in [0.2, 0.25) is 0 Å². The number of hydrogen-bond donors (Lipinski definition) is 2. The van der Waals surface area contributed by atoms with Crippen molar-refractivity contribution in [2.24, 2.45) is 5.41 Å². The number of rotatable bonds is 6. The SMILES string of the molecule is C=CCCOc1ccc(C2C3=C(CC(C)(C)CS3(=O)=O)Nc3c(O)cccc3N2C(=O)c2nc(C)oc2C)c(F)c1. The van der Waals surface area contributed by atoms with Gasteiger partial charge in [0.1, 0.15) is 34.8 Å². The highest BCUT2D eigenvalue weighted by atomic mass is 32.2. The molecule has 9 nitrogen and oxygen atoms in total. The lowest BCUT2D eigenvalue weighted by Crippen LogP contribution is -2.41. The van der Waals surface area contributed by atoms with Crippen LogP contribution >= 0.6 is 0 Å². The molecule has 3 heterocycles. The molecule has 0 saturated carbocycles. The number of benzene rings is 2. The van der Waals surface area contributed by atoms with Crippen molar-refractivity contribution < 1.29 is 31.9 Å². The van der Waals surface area contributed by atoms with Crippen molar-refractivity contribution in [1.82, 2.24) is 4.98 Å². The van der Waals surface area contributed by atoms with Crippen molar-refractivity contribution in [2.45, 2.75) is 46.6 Å². The number of aromatic hydroxyl groups is 1. The van der Waals surface area contributed by atoms with E-state index in [0.29, 0.717) is 6.42 Å². The summed E-state index contributed by atoms with van der Waals surface area (Å²) in [5, 5.41) is 14.0. The lowest BCUT2D eigenvalue weighted by Gasteiger charge is -2.37. The molecule has 2 aliphatic rings. The molecule has 0 bridgehead atoms. The number of fused-ring (bicyclic) bond motifs is 1. The van der Waals surface area contributed by atoms with E-state index < -0.39 is 33.0 Å². The monoisotopic (exact) mass is 581 g/mol. The topological polar surface area (TPSA) is 122 Å². The molecule has 2 N–H and O–H groups in total. The molecular weight excluding hydrogens is 549 g/mol. The number of nitrogens with zero attached hydrogens (tertiary/aromatic N) is 2. The molecule has 1 atom stereocenters. The van der Waals surface area contributed by atoms with Crippen molar-refractivity contribution in [3.8, 4) is 11.5 Å². The summed E-state index contributed by atoms with van der Waals surface area (Å²) in [5.74, 6) is -1.17. The largest absolute Gasteiger partial charge is 0.506 e. The predicted octanol–water partition coefficient (Wildman–Crippen LogP) is 5.96. The predicted molar refractivity (Wildman–Crippen MR) is 153 cm³/mol. The maximum atomic E-state index is 16.1. The number of oxazole rings is 1. The highest BCUT2D eigenvalue weighted by molar-refractivity contribution is 7.95. The Hall–Kier alpha value is -4.12. The van der Waals surface area contributed by atoms with Crippen LogP contribution in [0.4, 0.5) is 15.8 Å². The molecule has 0 spiro atoms. The second-order valence-electron chi connectivity index (χ2n) is 11.1. The fourth-order valence-electron chi connectivity index (χ4n) is 5.53. The van der Waals surface area contributed by atoms with Crippen LogP contribution in [0.15, 0.2) is 64.1 Å². The summed E-state index contributed by atoms with van der Waals surface area (Å²) < 4.78 is 55.3. The van der Waals surface area contributed by atoms with E-state index in [1.54, 1.807) is 26.0 Å². The molecule has 11 heteroatoms. The van der Waals surface area contributed by atoms with Gasteiger partial charge in [-0.2, -0.15) is 0 Å². The van der Waals surface area contributed by atoms with Gasteiger partial charge in [-0.1, -0.05) is 26.0 Å². The zero-order valence-corrected chi connectivity index (χ0v) is 24.1.